The number of hydrogen-bond acceptors (Lipinski definition) is 4. The van der Waals surface area contributed by atoms with Crippen LogP contribution in [-0.4, -0.2) is 41.0 Å². The first-order valence-corrected chi connectivity index (χ1v) is 9.33. The predicted octanol–water partition coefficient (Wildman–Crippen LogP) is 3.31. The van der Waals surface area contributed by atoms with E-state index in [1.165, 1.54) is 36.3 Å². The van der Waals surface area contributed by atoms with Crippen LogP contribution in [0, 0.1) is 5.82 Å². The van der Waals surface area contributed by atoms with Crippen molar-refractivity contribution in [1.82, 2.24) is 15.2 Å². The van der Waals surface area contributed by atoms with Gasteiger partial charge in [-0.15, -0.1) is 11.3 Å². The highest BCUT2D eigenvalue weighted by atomic mass is 32.1. The molecule has 2 heterocycles. The number of carbonyl (C=O) groups excluding carboxylic acids is 1. The Morgan fingerprint density at radius 3 is 2.54 bits per heavy atom. The molecule has 0 bridgehead atoms. The zero-order valence-electron chi connectivity index (χ0n) is 13.4. The van der Waals surface area contributed by atoms with E-state index in [-0.39, 0.29) is 17.8 Å². The average Bonchev–Trinajstić information content (AvgIpc) is 3.33. The summed E-state index contributed by atoms with van der Waals surface area (Å²) in [7, 11) is 0. The van der Waals surface area contributed by atoms with Crippen molar-refractivity contribution in [2.24, 2.45) is 0 Å². The molecular formula is C18H20FN3OS. The van der Waals surface area contributed by atoms with Gasteiger partial charge in [0, 0.05) is 36.1 Å². The number of nitrogens with one attached hydrogen (secondary N) is 1. The van der Waals surface area contributed by atoms with Crippen molar-refractivity contribution in [3.05, 3.63) is 41.2 Å². The second kappa shape index (κ2) is 6.61. The number of benzene rings is 1. The molecule has 6 heteroatoms. The maximum Gasteiger partial charge on any atom is 0.270 e. The lowest BCUT2D eigenvalue weighted by molar-refractivity contribution is 0.0905. The smallest absolute Gasteiger partial charge is 0.270 e. The van der Waals surface area contributed by atoms with Crippen LogP contribution in [-0.2, 0) is 0 Å². The van der Waals surface area contributed by atoms with Gasteiger partial charge in [-0.1, -0.05) is 0 Å². The third kappa shape index (κ3) is 3.49. The molecule has 1 aromatic carbocycles. The van der Waals surface area contributed by atoms with Gasteiger partial charge in [0.15, 0.2) is 0 Å². The van der Waals surface area contributed by atoms with Crippen molar-refractivity contribution in [3.63, 3.8) is 0 Å². The average molecular weight is 345 g/mol. The van der Waals surface area contributed by atoms with Crippen molar-refractivity contribution in [3.8, 4) is 10.6 Å². The first-order valence-electron chi connectivity index (χ1n) is 8.45. The highest BCUT2D eigenvalue weighted by molar-refractivity contribution is 7.13. The van der Waals surface area contributed by atoms with Crippen LogP contribution in [0.25, 0.3) is 10.6 Å². The van der Waals surface area contributed by atoms with Gasteiger partial charge in [0.05, 0.1) is 0 Å². The monoisotopic (exact) mass is 345 g/mol. The molecule has 126 valence electrons. The SMILES string of the molecule is O=C(NC1CCN(C2CC2)CC1)c1csc(-c2ccc(F)cc2)n1. The second-order valence-electron chi connectivity index (χ2n) is 6.56. The first-order chi connectivity index (χ1) is 11.7. The standard InChI is InChI=1S/C18H20FN3OS/c19-13-3-1-12(2-4-13)18-21-16(11-24-18)17(23)20-14-7-9-22(10-8-14)15-5-6-15/h1-4,11,14-15H,5-10H2,(H,20,23). The van der Waals surface area contributed by atoms with E-state index in [1.807, 2.05) is 0 Å². The van der Waals surface area contributed by atoms with Crippen LogP contribution < -0.4 is 5.32 Å². The van der Waals surface area contributed by atoms with E-state index in [1.54, 1.807) is 17.5 Å². The third-order valence-electron chi connectivity index (χ3n) is 4.76. The lowest BCUT2D eigenvalue weighted by Gasteiger charge is -2.32. The lowest BCUT2D eigenvalue weighted by Crippen LogP contribution is -2.45. The molecule has 1 N–H and O–H groups in total. The van der Waals surface area contributed by atoms with Gasteiger partial charge in [-0.2, -0.15) is 0 Å². The van der Waals surface area contributed by atoms with Crippen LogP contribution >= 0.6 is 11.3 Å². The van der Waals surface area contributed by atoms with Crippen molar-refractivity contribution >= 4 is 17.2 Å². The van der Waals surface area contributed by atoms with Crippen molar-refractivity contribution < 1.29 is 9.18 Å². The summed E-state index contributed by atoms with van der Waals surface area (Å²) in [6.07, 6.45) is 4.69. The van der Waals surface area contributed by atoms with Gasteiger partial charge in [0.1, 0.15) is 16.5 Å². The fourth-order valence-corrected chi connectivity index (χ4v) is 4.02. The van der Waals surface area contributed by atoms with Gasteiger partial charge >= 0.3 is 0 Å². The molecule has 1 saturated heterocycles. The van der Waals surface area contributed by atoms with E-state index in [9.17, 15) is 9.18 Å². The number of amides is 1. The van der Waals surface area contributed by atoms with Gasteiger partial charge in [-0.3, -0.25) is 4.79 Å². The Bertz CT molecular complexity index is 718. The van der Waals surface area contributed by atoms with Crippen LogP contribution in [0.2, 0.25) is 0 Å². The normalized spacial score (nSPS) is 19.4. The molecule has 1 saturated carbocycles. The maximum atomic E-state index is 13.0. The van der Waals surface area contributed by atoms with E-state index in [0.717, 1.165) is 42.5 Å². The zero-order chi connectivity index (χ0) is 16.5. The Morgan fingerprint density at radius 2 is 1.88 bits per heavy atom. The number of hydrogen-bond donors (Lipinski definition) is 1. The van der Waals surface area contributed by atoms with Crippen LogP contribution in [0.1, 0.15) is 36.2 Å². The molecule has 2 aliphatic rings. The van der Waals surface area contributed by atoms with Crippen molar-refractivity contribution in [1.29, 1.82) is 0 Å². The Labute approximate surface area is 144 Å². The zero-order valence-corrected chi connectivity index (χ0v) is 14.2. The summed E-state index contributed by atoms with van der Waals surface area (Å²) in [4.78, 5) is 19.3. The molecule has 1 aromatic heterocycles. The minimum atomic E-state index is -0.272. The molecule has 0 unspecified atom stereocenters. The summed E-state index contributed by atoms with van der Waals surface area (Å²) in [6.45, 7) is 2.15. The number of halogens is 1. The fraction of sp³-hybridized carbons (Fsp3) is 0.444. The largest absolute Gasteiger partial charge is 0.348 e. The maximum absolute atomic E-state index is 13.0. The van der Waals surface area contributed by atoms with E-state index in [2.05, 4.69) is 15.2 Å². The molecule has 1 amide bonds. The summed E-state index contributed by atoms with van der Waals surface area (Å²) in [5, 5.41) is 5.62. The fourth-order valence-electron chi connectivity index (χ4n) is 3.21. The number of likely N-dealkylation sites (tertiary alicyclic amines) is 1. The van der Waals surface area contributed by atoms with Crippen LogP contribution in [0.15, 0.2) is 29.6 Å². The van der Waals surface area contributed by atoms with Crippen molar-refractivity contribution in [2.45, 2.75) is 37.8 Å². The number of nitrogens with zero attached hydrogens (tertiary/aromatic N) is 2. The molecule has 0 atom stereocenters. The van der Waals surface area contributed by atoms with Gasteiger partial charge in [0.2, 0.25) is 0 Å². The number of thiazole rings is 1. The molecule has 24 heavy (non-hydrogen) atoms. The van der Waals surface area contributed by atoms with Gasteiger partial charge < -0.3 is 10.2 Å². The molecule has 1 aliphatic heterocycles. The summed E-state index contributed by atoms with van der Waals surface area (Å²) < 4.78 is 13.0. The highest BCUT2D eigenvalue weighted by Gasteiger charge is 2.32. The van der Waals surface area contributed by atoms with Crippen LogP contribution in [0.4, 0.5) is 4.39 Å². The lowest BCUT2D eigenvalue weighted by atomic mass is 10.0. The third-order valence-corrected chi connectivity index (χ3v) is 5.65. The molecule has 0 radical (unpaired) electrons. The first kappa shape index (κ1) is 15.7. The summed E-state index contributed by atoms with van der Waals surface area (Å²) >= 11 is 1.41. The number of carbonyl (C=O) groups is 1. The Hall–Kier alpha value is -1.79. The van der Waals surface area contributed by atoms with Crippen LogP contribution in [0.3, 0.4) is 0 Å². The molecule has 4 rings (SSSR count). The Morgan fingerprint density at radius 1 is 1.17 bits per heavy atom. The highest BCUT2D eigenvalue weighted by Crippen LogP contribution is 2.29. The molecule has 0 spiro atoms. The molecule has 2 aromatic rings. The van der Waals surface area contributed by atoms with Crippen molar-refractivity contribution in [2.75, 3.05) is 13.1 Å². The minimum absolute atomic E-state index is 0.107. The quantitative estimate of drug-likeness (QED) is 0.925. The molecule has 1 aliphatic carbocycles. The van der Waals surface area contributed by atoms with Crippen LogP contribution in [0.5, 0.6) is 0 Å². The van der Waals surface area contributed by atoms with Gasteiger partial charge in [-0.25, -0.2) is 9.37 Å². The van der Waals surface area contributed by atoms with E-state index in [4.69, 9.17) is 0 Å². The number of piperidine rings is 1. The molecule has 2 fully saturated rings. The van der Waals surface area contributed by atoms with E-state index < -0.39 is 0 Å². The Balaban J connectivity index is 1.35. The molecular weight excluding hydrogens is 325 g/mol. The predicted molar refractivity (Wildman–Crippen MR) is 92.6 cm³/mol. The number of rotatable bonds is 4. The minimum Gasteiger partial charge on any atom is -0.348 e. The van der Waals surface area contributed by atoms with Gasteiger partial charge in [0.25, 0.3) is 5.91 Å². The molecule has 4 nitrogen and oxygen atoms in total. The summed E-state index contributed by atoms with van der Waals surface area (Å²) in [5.74, 6) is -0.379. The number of aromatic nitrogens is 1. The second-order valence-corrected chi connectivity index (χ2v) is 7.42. The van der Waals surface area contributed by atoms with E-state index in [0.29, 0.717) is 5.69 Å². The topological polar surface area (TPSA) is 45.2 Å². The summed E-state index contributed by atoms with van der Waals surface area (Å²) in [5.41, 5.74) is 1.28. The Kier molecular flexibility index (Phi) is 4.33. The van der Waals surface area contributed by atoms with Gasteiger partial charge in [-0.05, 0) is 49.9 Å². The summed E-state index contributed by atoms with van der Waals surface area (Å²) in [6, 6.07) is 7.23. The van der Waals surface area contributed by atoms with E-state index >= 15 is 0 Å².